The van der Waals surface area contributed by atoms with E-state index in [1.54, 1.807) is 26.0 Å². The average molecular weight is 409 g/mol. The summed E-state index contributed by atoms with van der Waals surface area (Å²) in [5, 5.41) is 0.0553. The third-order valence-corrected chi connectivity index (χ3v) is 7.33. The van der Waals surface area contributed by atoms with E-state index < -0.39 is 20.6 Å². The zero-order valence-electron chi connectivity index (χ0n) is 14.1. The van der Waals surface area contributed by atoms with Crippen LogP contribution < -0.4 is 0 Å². The first-order valence-corrected chi connectivity index (χ1v) is 10.9. The summed E-state index contributed by atoms with van der Waals surface area (Å²) < 4.78 is 38.9. The van der Waals surface area contributed by atoms with Gasteiger partial charge in [-0.1, -0.05) is 55.8 Å². The van der Waals surface area contributed by atoms with Crippen LogP contribution in [0.1, 0.15) is 13.8 Å². The van der Waals surface area contributed by atoms with E-state index in [1.165, 1.54) is 24.3 Å². The molecule has 1 aromatic heterocycles. The zero-order chi connectivity index (χ0) is 18.9. The van der Waals surface area contributed by atoms with E-state index in [-0.39, 0.29) is 20.2 Å². The predicted octanol–water partition coefficient (Wildman–Crippen LogP) is 4.08. The van der Waals surface area contributed by atoms with Crippen molar-refractivity contribution in [3.8, 4) is 11.4 Å². The molecule has 8 heteroatoms. The van der Waals surface area contributed by atoms with E-state index in [1.807, 2.05) is 18.2 Å². The van der Waals surface area contributed by atoms with Gasteiger partial charge >= 0.3 is 0 Å². The minimum atomic E-state index is -3.95. The lowest BCUT2D eigenvalue weighted by atomic mass is 10.2. The number of aromatic nitrogens is 2. The summed E-state index contributed by atoms with van der Waals surface area (Å²) in [4.78, 5) is 7.29. The number of nitrogens with zero attached hydrogens (tertiary/aromatic N) is 1. The van der Waals surface area contributed by atoms with E-state index in [9.17, 15) is 12.6 Å². The topological polar surface area (TPSA) is 79.9 Å². The molecule has 26 heavy (non-hydrogen) atoms. The van der Waals surface area contributed by atoms with Crippen molar-refractivity contribution in [1.82, 2.24) is 9.97 Å². The van der Waals surface area contributed by atoms with Crippen molar-refractivity contribution in [2.24, 2.45) is 0 Å². The lowest BCUT2D eigenvalue weighted by Gasteiger charge is -2.07. The molecule has 0 aliphatic heterocycles. The van der Waals surface area contributed by atoms with E-state index in [0.29, 0.717) is 16.4 Å². The first-order valence-electron chi connectivity index (χ1n) is 7.87. The molecule has 1 unspecified atom stereocenters. The second-order valence-electron chi connectivity index (χ2n) is 5.89. The summed E-state index contributed by atoms with van der Waals surface area (Å²) in [6.45, 7) is 3.52. The highest BCUT2D eigenvalue weighted by Crippen LogP contribution is 2.29. The Bertz CT molecular complexity index is 1040. The van der Waals surface area contributed by atoms with Gasteiger partial charge in [0.2, 0.25) is 9.84 Å². The maximum Gasteiger partial charge on any atom is 0.226 e. The van der Waals surface area contributed by atoms with Crippen molar-refractivity contribution in [2.75, 3.05) is 0 Å². The number of hydrogen-bond donors (Lipinski definition) is 1. The molecule has 1 heterocycles. The van der Waals surface area contributed by atoms with Gasteiger partial charge in [-0.15, -0.1) is 0 Å². The van der Waals surface area contributed by atoms with Gasteiger partial charge in [-0.25, -0.2) is 13.4 Å². The number of sulfone groups is 1. The standard InChI is InChI=1S/C18H17ClN2O3S2/c1-12(2)25(22)17-18(21-16(20-17)13-6-4-3-5-7-13)26(23,24)15-10-8-14(19)9-11-15/h3-12H,1-2H3,(H,20,21). The monoisotopic (exact) mass is 408 g/mol. The van der Waals surface area contributed by atoms with Crippen LogP contribution in [0.15, 0.2) is 69.5 Å². The van der Waals surface area contributed by atoms with E-state index in [4.69, 9.17) is 11.6 Å². The number of imidazole rings is 1. The highest BCUT2D eigenvalue weighted by atomic mass is 35.5. The molecule has 0 bridgehead atoms. The molecule has 0 saturated heterocycles. The summed E-state index contributed by atoms with van der Waals surface area (Å²) in [7, 11) is -5.49. The molecule has 3 aromatic rings. The van der Waals surface area contributed by atoms with Gasteiger partial charge in [0.25, 0.3) is 0 Å². The van der Waals surface area contributed by atoms with Crippen molar-refractivity contribution < 1.29 is 12.6 Å². The van der Waals surface area contributed by atoms with E-state index >= 15 is 0 Å². The summed E-state index contributed by atoms with van der Waals surface area (Å²) in [5.41, 5.74) is 0.715. The van der Waals surface area contributed by atoms with E-state index in [2.05, 4.69) is 9.97 Å². The average Bonchev–Trinajstić information content (AvgIpc) is 3.08. The van der Waals surface area contributed by atoms with Gasteiger partial charge < -0.3 is 4.98 Å². The van der Waals surface area contributed by atoms with Gasteiger partial charge in [0.05, 0.1) is 15.7 Å². The Morgan fingerprint density at radius 3 is 2.23 bits per heavy atom. The highest BCUT2D eigenvalue weighted by molar-refractivity contribution is 7.92. The second-order valence-corrected chi connectivity index (χ2v) is 10.1. The third kappa shape index (κ3) is 3.60. The molecule has 2 aromatic carbocycles. The molecule has 0 spiro atoms. The lowest BCUT2D eigenvalue weighted by Crippen LogP contribution is -2.12. The summed E-state index contributed by atoms with van der Waals surface area (Å²) in [6.07, 6.45) is 0. The molecular weight excluding hydrogens is 392 g/mol. The van der Waals surface area contributed by atoms with Crippen molar-refractivity contribution in [1.29, 1.82) is 0 Å². The smallest absolute Gasteiger partial charge is 0.226 e. The minimum absolute atomic E-state index is 0.0509. The summed E-state index contributed by atoms with van der Waals surface area (Å²) in [5.74, 6) is 0.363. The van der Waals surface area contributed by atoms with Crippen molar-refractivity contribution in [3.63, 3.8) is 0 Å². The molecular formula is C18H17ClN2O3S2. The van der Waals surface area contributed by atoms with Crippen LogP contribution in [-0.2, 0) is 20.6 Å². The maximum absolute atomic E-state index is 13.1. The molecule has 1 N–H and O–H groups in total. The second kappa shape index (κ2) is 7.34. The SMILES string of the molecule is CC(C)S(=O)c1[nH]c(-c2ccccc2)nc1S(=O)(=O)c1ccc(Cl)cc1. The molecule has 0 amide bonds. The zero-order valence-corrected chi connectivity index (χ0v) is 16.5. The van der Waals surface area contributed by atoms with Gasteiger partial charge in [0, 0.05) is 15.8 Å². The number of H-pyrrole nitrogens is 1. The lowest BCUT2D eigenvalue weighted by molar-refractivity contribution is 0.589. The number of rotatable bonds is 5. The molecule has 1 atom stereocenters. The third-order valence-electron chi connectivity index (χ3n) is 3.69. The molecule has 0 radical (unpaired) electrons. The van der Waals surface area contributed by atoms with Gasteiger partial charge in [-0.2, -0.15) is 0 Å². The first-order chi connectivity index (χ1) is 12.3. The number of halogens is 1. The maximum atomic E-state index is 13.1. The number of benzene rings is 2. The molecule has 0 aliphatic carbocycles. The molecule has 5 nitrogen and oxygen atoms in total. The number of nitrogens with one attached hydrogen (secondary N) is 1. The Morgan fingerprint density at radius 1 is 1.04 bits per heavy atom. The highest BCUT2D eigenvalue weighted by Gasteiger charge is 2.30. The Kier molecular flexibility index (Phi) is 5.32. The van der Waals surface area contributed by atoms with Gasteiger partial charge in [0.15, 0.2) is 5.03 Å². The van der Waals surface area contributed by atoms with Gasteiger partial charge in [-0.3, -0.25) is 4.21 Å². The van der Waals surface area contributed by atoms with Crippen LogP contribution in [-0.4, -0.2) is 27.8 Å². The minimum Gasteiger partial charge on any atom is -0.330 e. The molecule has 0 saturated carbocycles. The fourth-order valence-corrected chi connectivity index (χ4v) is 5.17. The Balaban J connectivity index is 2.20. The normalized spacial score (nSPS) is 13.1. The van der Waals surface area contributed by atoms with Gasteiger partial charge in [-0.05, 0) is 24.3 Å². The fourth-order valence-electron chi connectivity index (χ4n) is 2.35. The van der Waals surface area contributed by atoms with Crippen LogP contribution in [0.3, 0.4) is 0 Å². The predicted molar refractivity (Wildman–Crippen MR) is 102 cm³/mol. The largest absolute Gasteiger partial charge is 0.330 e. The van der Waals surface area contributed by atoms with Crippen LogP contribution in [0.4, 0.5) is 0 Å². The van der Waals surface area contributed by atoms with Crippen LogP contribution in [0.25, 0.3) is 11.4 Å². The fraction of sp³-hybridized carbons (Fsp3) is 0.167. The first kappa shape index (κ1) is 18.8. The molecule has 136 valence electrons. The van der Waals surface area contributed by atoms with Crippen LogP contribution in [0.5, 0.6) is 0 Å². The molecule has 3 rings (SSSR count). The summed E-state index contributed by atoms with van der Waals surface area (Å²) in [6, 6.07) is 14.9. The Morgan fingerprint density at radius 2 is 1.65 bits per heavy atom. The number of aromatic amines is 1. The molecule has 0 aliphatic rings. The van der Waals surface area contributed by atoms with Crippen LogP contribution in [0, 0.1) is 0 Å². The Hall–Kier alpha value is -1.96. The van der Waals surface area contributed by atoms with Gasteiger partial charge in [0.1, 0.15) is 10.9 Å². The Labute approximate surface area is 159 Å². The molecule has 0 fully saturated rings. The van der Waals surface area contributed by atoms with Crippen molar-refractivity contribution in [3.05, 3.63) is 59.6 Å². The van der Waals surface area contributed by atoms with Crippen LogP contribution >= 0.6 is 11.6 Å². The summed E-state index contributed by atoms with van der Waals surface area (Å²) >= 11 is 5.85. The van der Waals surface area contributed by atoms with E-state index in [0.717, 1.165) is 0 Å². The quantitative estimate of drug-likeness (QED) is 0.689. The van der Waals surface area contributed by atoms with Crippen LogP contribution in [0.2, 0.25) is 5.02 Å². The van der Waals surface area contributed by atoms with Crippen molar-refractivity contribution >= 4 is 32.2 Å². The van der Waals surface area contributed by atoms with Crippen molar-refractivity contribution in [2.45, 2.75) is 34.0 Å². The number of hydrogen-bond acceptors (Lipinski definition) is 4.